The van der Waals surface area contributed by atoms with Gasteiger partial charge in [0.1, 0.15) is 17.2 Å². The molecule has 0 saturated carbocycles. The maximum atomic E-state index is 5.93. The van der Waals surface area contributed by atoms with Crippen molar-refractivity contribution in [2.45, 2.75) is 20.3 Å². The summed E-state index contributed by atoms with van der Waals surface area (Å²) in [6.07, 6.45) is 2.92. The van der Waals surface area contributed by atoms with Gasteiger partial charge in [0.25, 0.3) is 0 Å². The molecule has 128 valence electrons. The summed E-state index contributed by atoms with van der Waals surface area (Å²) in [7, 11) is 3.33. The molecule has 2 aromatic rings. The average molecular weight is 327 g/mol. The lowest BCUT2D eigenvalue weighted by molar-refractivity contribution is 0.342. The highest BCUT2D eigenvalue weighted by Gasteiger charge is 2.06. The molecule has 2 aromatic carbocycles. The van der Waals surface area contributed by atoms with Crippen molar-refractivity contribution < 1.29 is 14.2 Å². The van der Waals surface area contributed by atoms with Crippen molar-refractivity contribution in [3.8, 4) is 17.2 Å². The van der Waals surface area contributed by atoms with E-state index in [-0.39, 0.29) is 0 Å². The first kappa shape index (κ1) is 17.7. The maximum absolute atomic E-state index is 5.93. The third kappa shape index (κ3) is 4.44. The fourth-order valence-electron chi connectivity index (χ4n) is 2.56. The number of rotatable bonds is 7. The molecule has 0 aliphatic heterocycles. The lowest BCUT2D eigenvalue weighted by Crippen LogP contribution is -1.98. The molecule has 0 aliphatic rings. The number of benzene rings is 2. The number of ether oxygens (including phenoxy) is 3. The molecule has 0 radical (unpaired) electrons. The van der Waals surface area contributed by atoms with Crippen LogP contribution in [0.3, 0.4) is 0 Å². The van der Waals surface area contributed by atoms with Gasteiger partial charge >= 0.3 is 0 Å². The Labute approximate surface area is 143 Å². The fourth-order valence-corrected chi connectivity index (χ4v) is 2.56. The molecule has 4 nitrogen and oxygen atoms in total. The van der Waals surface area contributed by atoms with E-state index in [9.17, 15) is 0 Å². The standard InChI is InChI=1S/C20H25NO3/c1-5-24-20-12-15(6-8-18(20)21)10-14(2)11-16-13-17(22-3)7-9-19(16)23-4/h6-9,11-13H,5,10,21H2,1-4H3/b14-11+. The van der Waals surface area contributed by atoms with Crippen molar-refractivity contribution in [3.63, 3.8) is 0 Å². The van der Waals surface area contributed by atoms with Gasteiger partial charge in [0.2, 0.25) is 0 Å². The van der Waals surface area contributed by atoms with E-state index in [2.05, 4.69) is 13.0 Å². The molecule has 0 bridgehead atoms. The zero-order valence-corrected chi connectivity index (χ0v) is 14.8. The summed E-state index contributed by atoms with van der Waals surface area (Å²) < 4.78 is 16.3. The smallest absolute Gasteiger partial charge is 0.142 e. The normalized spacial score (nSPS) is 11.2. The number of hydrogen-bond acceptors (Lipinski definition) is 4. The first-order valence-corrected chi connectivity index (χ1v) is 7.97. The van der Waals surface area contributed by atoms with Crippen molar-refractivity contribution in [2.24, 2.45) is 0 Å². The summed E-state index contributed by atoms with van der Waals surface area (Å²) in [5.41, 5.74) is 9.95. The van der Waals surface area contributed by atoms with Crippen LogP contribution in [0.25, 0.3) is 6.08 Å². The minimum absolute atomic E-state index is 0.601. The van der Waals surface area contributed by atoms with Crippen LogP contribution in [0.1, 0.15) is 25.0 Å². The van der Waals surface area contributed by atoms with Crippen molar-refractivity contribution in [3.05, 3.63) is 53.1 Å². The quantitative estimate of drug-likeness (QED) is 0.769. The van der Waals surface area contributed by atoms with Crippen LogP contribution in [0, 0.1) is 0 Å². The first-order chi connectivity index (χ1) is 11.6. The Morgan fingerprint density at radius 3 is 2.50 bits per heavy atom. The monoisotopic (exact) mass is 327 g/mol. The Bertz CT molecular complexity index is 723. The molecule has 0 spiro atoms. The molecule has 0 unspecified atom stereocenters. The molecule has 0 atom stereocenters. The second-order valence-electron chi connectivity index (χ2n) is 5.58. The van der Waals surface area contributed by atoms with Gasteiger partial charge in [-0.15, -0.1) is 0 Å². The van der Waals surface area contributed by atoms with E-state index in [1.54, 1.807) is 14.2 Å². The highest BCUT2D eigenvalue weighted by atomic mass is 16.5. The summed E-state index contributed by atoms with van der Waals surface area (Å²) in [6.45, 7) is 4.64. The van der Waals surface area contributed by atoms with Crippen LogP contribution in [0.5, 0.6) is 17.2 Å². The van der Waals surface area contributed by atoms with Gasteiger partial charge in [-0.25, -0.2) is 0 Å². The van der Waals surface area contributed by atoms with E-state index in [0.717, 1.165) is 34.8 Å². The molecule has 0 amide bonds. The number of anilines is 1. The molecule has 0 aromatic heterocycles. The van der Waals surface area contributed by atoms with Crippen molar-refractivity contribution in [2.75, 3.05) is 26.6 Å². The van der Waals surface area contributed by atoms with Crippen molar-refractivity contribution in [1.29, 1.82) is 0 Å². The topological polar surface area (TPSA) is 53.7 Å². The second-order valence-corrected chi connectivity index (χ2v) is 5.58. The van der Waals surface area contributed by atoms with E-state index in [0.29, 0.717) is 12.3 Å². The summed E-state index contributed by atoms with van der Waals surface area (Å²) in [6, 6.07) is 11.7. The van der Waals surface area contributed by atoms with E-state index >= 15 is 0 Å². The molecule has 0 saturated heterocycles. The van der Waals surface area contributed by atoms with Gasteiger partial charge in [0.05, 0.1) is 26.5 Å². The number of nitrogens with two attached hydrogens (primary N) is 1. The Hall–Kier alpha value is -2.62. The number of hydrogen-bond donors (Lipinski definition) is 1. The van der Waals surface area contributed by atoms with Crippen LogP contribution < -0.4 is 19.9 Å². The van der Waals surface area contributed by atoms with Gasteiger partial charge in [-0.1, -0.05) is 17.7 Å². The highest BCUT2D eigenvalue weighted by molar-refractivity contribution is 5.62. The molecule has 0 heterocycles. The van der Waals surface area contributed by atoms with Crippen LogP contribution in [0.15, 0.2) is 42.0 Å². The number of allylic oxidation sites excluding steroid dienone is 1. The number of methoxy groups -OCH3 is 2. The van der Waals surface area contributed by atoms with E-state index < -0.39 is 0 Å². The van der Waals surface area contributed by atoms with Crippen LogP contribution >= 0.6 is 0 Å². The van der Waals surface area contributed by atoms with Crippen molar-refractivity contribution in [1.82, 2.24) is 0 Å². The summed E-state index contributed by atoms with van der Waals surface area (Å²) in [5.74, 6) is 2.37. The van der Waals surface area contributed by atoms with E-state index in [4.69, 9.17) is 19.9 Å². The lowest BCUT2D eigenvalue weighted by atomic mass is 10.0. The Balaban J connectivity index is 2.24. The molecule has 4 heteroatoms. The van der Waals surface area contributed by atoms with Crippen LogP contribution in [0.2, 0.25) is 0 Å². The van der Waals surface area contributed by atoms with E-state index in [1.165, 1.54) is 5.57 Å². The molecular weight excluding hydrogens is 302 g/mol. The molecular formula is C20H25NO3. The molecule has 0 aliphatic carbocycles. The average Bonchev–Trinajstić information content (AvgIpc) is 2.58. The van der Waals surface area contributed by atoms with Gasteiger partial charge in [0.15, 0.2) is 0 Å². The Kier molecular flexibility index (Phi) is 6.13. The summed E-state index contributed by atoms with van der Waals surface area (Å²) >= 11 is 0. The zero-order chi connectivity index (χ0) is 17.5. The Morgan fingerprint density at radius 2 is 1.83 bits per heavy atom. The van der Waals surface area contributed by atoms with Crippen LogP contribution in [-0.4, -0.2) is 20.8 Å². The maximum Gasteiger partial charge on any atom is 0.142 e. The minimum atomic E-state index is 0.601. The van der Waals surface area contributed by atoms with E-state index in [1.807, 2.05) is 43.3 Å². The van der Waals surface area contributed by atoms with Crippen molar-refractivity contribution >= 4 is 11.8 Å². The predicted octanol–water partition coefficient (Wildman–Crippen LogP) is 4.33. The predicted molar refractivity (Wildman–Crippen MR) is 98.9 cm³/mol. The second kappa shape index (κ2) is 8.29. The SMILES string of the molecule is CCOc1cc(C/C(C)=C/c2cc(OC)ccc2OC)ccc1N. The fraction of sp³-hybridized carbons (Fsp3) is 0.300. The van der Waals surface area contributed by atoms with Gasteiger partial charge in [-0.2, -0.15) is 0 Å². The highest BCUT2D eigenvalue weighted by Crippen LogP contribution is 2.28. The molecule has 2 rings (SSSR count). The Morgan fingerprint density at radius 1 is 1.04 bits per heavy atom. The summed E-state index contributed by atoms with van der Waals surface area (Å²) in [4.78, 5) is 0. The van der Waals surface area contributed by atoms with Crippen LogP contribution in [0.4, 0.5) is 5.69 Å². The third-order valence-electron chi connectivity index (χ3n) is 3.70. The first-order valence-electron chi connectivity index (χ1n) is 7.97. The molecule has 2 N–H and O–H groups in total. The lowest BCUT2D eigenvalue weighted by Gasteiger charge is -2.11. The summed E-state index contributed by atoms with van der Waals surface area (Å²) in [5, 5.41) is 0. The number of nitrogen functional groups attached to an aromatic ring is 1. The third-order valence-corrected chi connectivity index (χ3v) is 3.70. The van der Waals surface area contributed by atoms with Gasteiger partial charge in [-0.3, -0.25) is 0 Å². The van der Waals surface area contributed by atoms with Gasteiger partial charge in [0, 0.05) is 5.56 Å². The van der Waals surface area contributed by atoms with Crippen LogP contribution in [-0.2, 0) is 6.42 Å². The zero-order valence-electron chi connectivity index (χ0n) is 14.8. The minimum Gasteiger partial charge on any atom is -0.497 e. The molecule has 24 heavy (non-hydrogen) atoms. The molecule has 0 fully saturated rings. The largest absolute Gasteiger partial charge is 0.497 e. The van der Waals surface area contributed by atoms with Gasteiger partial charge < -0.3 is 19.9 Å². The van der Waals surface area contributed by atoms with Gasteiger partial charge in [-0.05, 0) is 56.2 Å².